The fraction of sp³-hybridized carbons (Fsp3) is 0.444. The third-order valence-corrected chi connectivity index (χ3v) is 4.82. The summed E-state index contributed by atoms with van der Waals surface area (Å²) in [5.41, 5.74) is 1.75. The zero-order valence-electron chi connectivity index (χ0n) is 14.4. The highest BCUT2D eigenvalue weighted by atomic mass is 32.2. The number of hydrogen-bond donors (Lipinski definition) is 2. The number of nitrogens with one attached hydrogen (secondary N) is 1. The molecule has 0 aliphatic heterocycles. The number of rotatable bonds is 8. The van der Waals surface area contributed by atoms with Gasteiger partial charge in [0.25, 0.3) is 5.91 Å². The van der Waals surface area contributed by atoms with E-state index in [0.29, 0.717) is 18.5 Å². The Hall–Kier alpha value is -1.79. The lowest BCUT2D eigenvalue weighted by Gasteiger charge is -2.14. The summed E-state index contributed by atoms with van der Waals surface area (Å²) in [5, 5.41) is 13.3. The van der Waals surface area contributed by atoms with Crippen molar-refractivity contribution in [2.45, 2.75) is 37.3 Å². The Balaban J connectivity index is 1.89. The first-order valence-corrected chi connectivity index (χ1v) is 9.09. The molecule has 0 aliphatic carbocycles. The average Bonchev–Trinajstić information content (AvgIpc) is 2.95. The fourth-order valence-electron chi connectivity index (χ4n) is 2.48. The van der Waals surface area contributed by atoms with E-state index in [1.54, 1.807) is 24.9 Å². The number of thioether (sulfide) groups is 1. The lowest BCUT2D eigenvalue weighted by atomic mass is 10.0. The second kappa shape index (κ2) is 8.89. The van der Waals surface area contributed by atoms with Gasteiger partial charge in [0.05, 0.1) is 6.10 Å². The van der Waals surface area contributed by atoms with Gasteiger partial charge in [-0.3, -0.25) is 4.79 Å². The quantitative estimate of drug-likeness (QED) is 0.721. The Labute approximate surface area is 147 Å². The number of imidazole rings is 1. The molecule has 0 fully saturated rings. The molecule has 0 saturated heterocycles. The molecule has 1 heterocycles. The van der Waals surface area contributed by atoms with Crippen molar-refractivity contribution in [3.05, 3.63) is 47.8 Å². The highest BCUT2D eigenvalue weighted by Gasteiger charge is 2.10. The van der Waals surface area contributed by atoms with E-state index in [1.807, 2.05) is 49.0 Å². The molecule has 2 rings (SSSR count). The van der Waals surface area contributed by atoms with E-state index in [-0.39, 0.29) is 17.9 Å². The molecule has 2 atom stereocenters. The summed E-state index contributed by atoms with van der Waals surface area (Å²) in [6.45, 7) is 4.35. The second-order valence-electron chi connectivity index (χ2n) is 6.21. The van der Waals surface area contributed by atoms with Crippen molar-refractivity contribution in [1.29, 1.82) is 0 Å². The van der Waals surface area contributed by atoms with E-state index in [1.165, 1.54) is 0 Å². The molecular weight excluding hydrogens is 322 g/mol. The van der Waals surface area contributed by atoms with Crippen LogP contribution < -0.4 is 5.32 Å². The molecule has 6 heteroatoms. The Morgan fingerprint density at radius 3 is 2.88 bits per heavy atom. The highest BCUT2D eigenvalue weighted by molar-refractivity contribution is 7.98. The maximum absolute atomic E-state index is 12.3. The number of aryl methyl sites for hydroxylation is 1. The Morgan fingerprint density at radius 2 is 2.21 bits per heavy atom. The van der Waals surface area contributed by atoms with Crippen molar-refractivity contribution >= 4 is 17.7 Å². The number of amides is 1. The van der Waals surface area contributed by atoms with Gasteiger partial charge in [0.2, 0.25) is 0 Å². The lowest BCUT2D eigenvalue weighted by molar-refractivity contribution is 0.0939. The zero-order chi connectivity index (χ0) is 17.5. The molecule has 1 amide bonds. The van der Waals surface area contributed by atoms with Crippen LogP contribution in [0.1, 0.15) is 36.2 Å². The summed E-state index contributed by atoms with van der Waals surface area (Å²) in [5.74, 6) is 0.942. The average molecular weight is 347 g/mol. The number of carbonyl (C=O) groups is 1. The number of benzene rings is 1. The maximum Gasteiger partial charge on any atom is 0.251 e. The molecule has 2 unspecified atom stereocenters. The third-order valence-electron chi connectivity index (χ3n) is 3.69. The van der Waals surface area contributed by atoms with Crippen molar-refractivity contribution in [2.24, 2.45) is 13.0 Å². The summed E-state index contributed by atoms with van der Waals surface area (Å²) < 4.78 is 1.98. The van der Waals surface area contributed by atoms with Crippen LogP contribution in [0.15, 0.2) is 41.8 Å². The van der Waals surface area contributed by atoms with Crippen LogP contribution in [-0.2, 0) is 12.8 Å². The van der Waals surface area contributed by atoms with Crippen molar-refractivity contribution in [3.63, 3.8) is 0 Å². The summed E-state index contributed by atoms with van der Waals surface area (Å²) in [4.78, 5) is 16.6. The van der Waals surface area contributed by atoms with E-state index in [0.717, 1.165) is 16.5 Å². The van der Waals surface area contributed by atoms with Crippen LogP contribution in [0.5, 0.6) is 0 Å². The largest absolute Gasteiger partial charge is 0.393 e. The highest BCUT2D eigenvalue weighted by Crippen LogP contribution is 2.21. The molecule has 0 bridgehead atoms. The molecule has 0 radical (unpaired) electrons. The Kier molecular flexibility index (Phi) is 6.87. The summed E-state index contributed by atoms with van der Waals surface area (Å²) in [6, 6.07) is 7.67. The lowest BCUT2D eigenvalue weighted by Crippen LogP contribution is -2.29. The van der Waals surface area contributed by atoms with Crippen LogP contribution in [-0.4, -0.2) is 33.2 Å². The SMILES string of the molecule is CC(O)CC(C)CNC(=O)c1cccc(CSc2nccn2C)c1. The molecule has 1 aromatic carbocycles. The fourth-order valence-corrected chi connectivity index (χ4v) is 3.35. The second-order valence-corrected chi connectivity index (χ2v) is 7.15. The van der Waals surface area contributed by atoms with Crippen molar-refractivity contribution < 1.29 is 9.90 Å². The van der Waals surface area contributed by atoms with Crippen molar-refractivity contribution in [3.8, 4) is 0 Å². The van der Waals surface area contributed by atoms with Crippen LogP contribution in [0.25, 0.3) is 0 Å². The van der Waals surface area contributed by atoms with E-state index in [4.69, 9.17) is 0 Å². The van der Waals surface area contributed by atoms with Gasteiger partial charge in [-0.1, -0.05) is 30.8 Å². The first-order valence-electron chi connectivity index (χ1n) is 8.11. The van der Waals surface area contributed by atoms with Gasteiger partial charge in [0.1, 0.15) is 0 Å². The topological polar surface area (TPSA) is 67.2 Å². The predicted octanol–water partition coefficient (Wildman–Crippen LogP) is 2.85. The molecule has 0 spiro atoms. The van der Waals surface area contributed by atoms with Crippen LogP contribution in [0, 0.1) is 5.92 Å². The summed E-state index contributed by atoms with van der Waals surface area (Å²) in [7, 11) is 1.97. The van der Waals surface area contributed by atoms with Crippen molar-refractivity contribution in [2.75, 3.05) is 6.54 Å². The molecule has 5 nitrogen and oxygen atoms in total. The number of aliphatic hydroxyl groups is 1. The minimum Gasteiger partial charge on any atom is -0.393 e. The molecule has 1 aromatic heterocycles. The number of nitrogens with zero attached hydrogens (tertiary/aromatic N) is 2. The Morgan fingerprint density at radius 1 is 1.42 bits per heavy atom. The molecule has 2 aromatic rings. The van der Waals surface area contributed by atoms with E-state index in [2.05, 4.69) is 10.3 Å². The minimum atomic E-state index is -0.344. The van der Waals surface area contributed by atoms with Crippen LogP contribution in [0.2, 0.25) is 0 Å². The Bertz CT molecular complexity index is 670. The van der Waals surface area contributed by atoms with Gasteiger partial charge in [0, 0.05) is 37.3 Å². The molecule has 0 saturated carbocycles. The van der Waals surface area contributed by atoms with Crippen molar-refractivity contribution in [1.82, 2.24) is 14.9 Å². The molecule has 2 N–H and O–H groups in total. The zero-order valence-corrected chi connectivity index (χ0v) is 15.2. The van der Waals surface area contributed by atoms with E-state index < -0.39 is 0 Å². The third kappa shape index (κ3) is 5.69. The van der Waals surface area contributed by atoms with Gasteiger partial charge >= 0.3 is 0 Å². The van der Waals surface area contributed by atoms with Gasteiger partial charge < -0.3 is 15.0 Å². The standard InChI is InChI=1S/C18H25N3O2S/c1-13(9-14(2)22)11-20-17(23)16-6-4-5-15(10-16)12-24-18-19-7-8-21(18)3/h4-8,10,13-14,22H,9,11-12H2,1-3H3,(H,20,23). The van der Waals surface area contributed by atoms with Gasteiger partial charge in [-0.25, -0.2) is 4.98 Å². The normalized spacial score (nSPS) is 13.5. The van der Waals surface area contributed by atoms with Crippen LogP contribution in [0.4, 0.5) is 0 Å². The van der Waals surface area contributed by atoms with Crippen LogP contribution in [0.3, 0.4) is 0 Å². The number of aromatic nitrogens is 2. The van der Waals surface area contributed by atoms with Gasteiger partial charge in [-0.2, -0.15) is 0 Å². The van der Waals surface area contributed by atoms with E-state index >= 15 is 0 Å². The maximum atomic E-state index is 12.3. The number of carbonyl (C=O) groups excluding carboxylic acids is 1. The van der Waals surface area contributed by atoms with Gasteiger partial charge in [-0.05, 0) is 37.0 Å². The first-order chi connectivity index (χ1) is 11.5. The first kappa shape index (κ1) is 18.5. The number of hydrogen-bond acceptors (Lipinski definition) is 4. The number of aliphatic hydroxyl groups excluding tert-OH is 1. The summed E-state index contributed by atoms with van der Waals surface area (Å²) >= 11 is 1.64. The molecule has 24 heavy (non-hydrogen) atoms. The van der Waals surface area contributed by atoms with Crippen LogP contribution >= 0.6 is 11.8 Å². The monoisotopic (exact) mass is 347 g/mol. The smallest absolute Gasteiger partial charge is 0.251 e. The van der Waals surface area contributed by atoms with Gasteiger partial charge in [0.15, 0.2) is 5.16 Å². The minimum absolute atomic E-state index is 0.0729. The van der Waals surface area contributed by atoms with Gasteiger partial charge in [-0.15, -0.1) is 0 Å². The summed E-state index contributed by atoms with van der Waals surface area (Å²) in [6.07, 6.45) is 4.03. The molecule has 130 valence electrons. The van der Waals surface area contributed by atoms with E-state index in [9.17, 15) is 9.90 Å². The molecular formula is C18H25N3O2S. The molecule has 0 aliphatic rings. The predicted molar refractivity (Wildman–Crippen MR) is 97.0 cm³/mol.